The zero-order valence-corrected chi connectivity index (χ0v) is 11.0. The fourth-order valence-electron chi connectivity index (χ4n) is 2.16. The van der Waals surface area contributed by atoms with Gasteiger partial charge in [0.1, 0.15) is 5.69 Å². The molecule has 19 heavy (non-hydrogen) atoms. The summed E-state index contributed by atoms with van der Waals surface area (Å²) in [6, 6.07) is 12.5. The maximum Gasteiger partial charge on any atom is 0.100 e. The summed E-state index contributed by atoms with van der Waals surface area (Å²) in [5.74, 6) is 0. The molecule has 2 heterocycles. The van der Waals surface area contributed by atoms with E-state index in [1.54, 1.807) is 12.4 Å². The van der Waals surface area contributed by atoms with Crippen molar-refractivity contribution in [3.8, 4) is 22.4 Å². The molecule has 0 atom stereocenters. The van der Waals surface area contributed by atoms with Crippen molar-refractivity contribution < 1.29 is 0 Å². The Morgan fingerprint density at radius 3 is 2.26 bits per heavy atom. The van der Waals surface area contributed by atoms with Gasteiger partial charge in [0.25, 0.3) is 0 Å². The zero-order chi connectivity index (χ0) is 13.2. The normalized spacial score (nSPS) is 10.6. The minimum absolute atomic E-state index is 1.01. The van der Waals surface area contributed by atoms with Gasteiger partial charge in [-0.3, -0.25) is 9.67 Å². The molecule has 0 aliphatic heterocycles. The van der Waals surface area contributed by atoms with Crippen LogP contribution in [-0.4, -0.2) is 14.8 Å². The first-order chi connectivity index (χ1) is 9.24. The van der Waals surface area contributed by atoms with Gasteiger partial charge in [0.05, 0.1) is 0 Å². The molecule has 3 heteroatoms. The molecule has 0 amide bonds. The van der Waals surface area contributed by atoms with Crippen LogP contribution in [0.4, 0.5) is 0 Å². The van der Waals surface area contributed by atoms with Crippen LogP contribution in [0.3, 0.4) is 0 Å². The zero-order valence-electron chi connectivity index (χ0n) is 11.0. The summed E-state index contributed by atoms with van der Waals surface area (Å²) in [6.07, 6.45) is 5.66. The summed E-state index contributed by atoms with van der Waals surface area (Å²) >= 11 is 0. The molecule has 0 aliphatic carbocycles. The van der Waals surface area contributed by atoms with Gasteiger partial charge >= 0.3 is 0 Å². The third-order valence-corrected chi connectivity index (χ3v) is 3.15. The van der Waals surface area contributed by atoms with Gasteiger partial charge in [-0.1, -0.05) is 29.8 Å². The van der Waals surface area contributed by atoms with Gasteiger partial charge < -0.3 is 0 Å². The number of aromatic nitrogens is 3. The van der Waals surface area contributed by atoms with Crippen LogP contribution in [0.1, 0.15) is 5.56 Å². The molecule has 0 saturated heterocycles. The maximum atomic E-state index is 4.58. The number of hydrogen-bond donors (Lipinski definition) is 0. The topological polar surface area (TPSA) is 30.7 Å². The first-order valence-corrected chi connectivity index (χ1v) is 6.25. The van der Waals surface area contributed by atoms with Gasteiger partial charge in [-0.15, -0.1) is 0 Å². The Morgan fingerprint density at radius 2 is 1.58 bits per heavy atom. The lowest BCUT2D eigenvalue weighted by atomic mass is 10.0. The van der Waals surface area contributed by atoms with Gasteiger partial charge in [0.15, 0.2) is 0 Å². The Hall–Kier alpha value is -2.42. The number of aryl methyl sites for hydroxylation is 2. The van der Waals surface area contributed by atoms with E-state index in [0.717, 1.165) is 22.4 Å². The SMILES string of the molecule is Cc1ccc(-c2nn(C)cc2-c2ccncc2)cc1. The first-order valence-electron chi connectivity index (χ1n) is 6.25. The van der Waals surface area contributed by atoms with E-state index in [9.17, 15) is 0 Å². The highest BCUT2D eigenvalue weighted by atomic mass is 15.2. The number of rotatable bonds is 2. The van der Waals surface area contributed by atoms with Crippen molar-refractivity contribution in [2.75, 3.05) is 0 Å². The summed E-state index contributed by atoms with van der Waals surface area (Å²) < 4.78 is 1.85. The Labute approximate surface area is 112 Å². The van der Waals surface area contributed by atoms with E-state index in [0.29, 0.717) is 0 Å². The molecule has 0 radical (unpaired) electrons. The highest BCUT2D eigenvalue weighted by Gasteiger charge is 2.11. The summed E-state index contributed by atoms with van der Waals surface area (Å²) in [5, 5.41) is 4.58. The van der Waals surface area contributed by atoms with E-state index in [1.165, 1.54) is 5.56 Å². The number of nitrogens with zero attached hydrogens (tertiary/aromatic N) is 3. The molecule has 3 rings (SSSR count). The average Bonchev–Trinajstić information content (AvgIpc) is 2.83. The van der Waals surface area contributed by atoms with Crippen molar-refractivity contribution in [2.45, 2.75) is 6.92 Å². The molecule has 3 aromatic rings. The van der Waals surface area contributed by atoms with Crippen LogP contribution < -0.4 is 0 Å². The van der Waals surface area contributed by atoms with Gasteiger partial charge in [-0.25, -0.2) is 0 Å². The van der Waals surface area contributed by atoms with Crippen molar-refractivity contribution in [3.05, 3.63) is 60.6 Å². The van der Waals surface area contributed by atoms with E-state index in [4.69, 9.17) is 0 Å². The standard InChI is InChI=1S/C16H15N3/c1-12-3-5-14(6-4-12)16-15(11-19(2)18-16)13-7-9-17-10-8-13/h3-11H,1-2H3. The minimum Gasteiger partial charge on any atom is -0.275 e. The van der Waals surface area contributed by atoms with E-state index in [1.807, 2.05) is 30.1 Å². The van der Waals surface area contributed by atoms with Crippen molar-refractivity contribution >= 4 is 0 Å². The van der Waals surface area contributed by atoms with E-state index < -0.39 is 0 Å². The summed E-state index contributed by atoms with van der Waals surface area (Å²) in [7, 11) is 1.95. The second-order valence-electron chi connectivity index (χ2n) is 4.67. The van der Waals surface area contributed by atoms with E-state index >= 15 is 0 Å². The van der Waals surface area contributed by atoms with Crippen LogP contribution in [0, 0.1) is 6.92 Å². The van der Waals surface area contributed by atoms with Crippen molar-refractivity contribution in [1.82, 2.24) is 14.8 Å². The Bertz CT molecular complexity index is 682. The summed E-state index contributed by atoms with van der Waals surface area (Å²) in [4.78, 5) is 4.06. The van der Waals surface area contributed by atoms with Crippen LogP contribution in [0.2, 0.25) is 0 Å². The molecule has 0 unspecified atom stereocenters. The smallest absolute Gasteiger partial charge is 0.100 e. The first kappa shape index (κ1) is 11.7. The van der Waals surface area contributed by atoms with Gasteiger partial charge in [-0.05, 0) is 24.6 Å². The van der Waals surface area contributed by atoms with Gasteiger partial charge in [-0.2, -0.15) is 5.10 Å². The van der Waals surface area contributed by atoms with Crippen LogP contribution in [0.25, 0.3) is 22.4 Å². The van der Waals surface area contributed by atoms with E-state index in [2.05, 4.69) is 41.3 Å². The molecular formula is C16H15N3. The molecule has 1 aromatic carbocycles. The monoisotopic (exact) mass is 249 g/mol. The van der Waals surface area contributed by atoms with E-state index in [-0.39, 0.29) is 0 Å². The number of benzene rings is 1. The lowest BCUT2D eigenvalue weighted by molar-refractivity contribution is 0.771. The Kier molecular flexibility index (Phi) is 2.88. The average molecular weight is 249 g/mol. The van der Waals surface area contributed by atoms with Gasteiger partial charge in [0.2, 0.25) is 0 Å². The van der Waals surface area contributed by atoms with Crippen molar-refractivity contribution in [1.29, 1.82) is 0 Å². The maximum absolute atomic E-state index is 4.58. The predicted octanol–water partition coefficient (Wildman–Crippen LogP) is 3.46. The van der Waals surface area contributed by atoms with Crippen LogP contribution in [-0.2, 0) is 7.05 Å². The van der Waals surface area contributed by atoms with Crippen LogP contribution >= 0.6 is 0 Å². The molecular weight excluding hydrogens is 234 g/mol. The Balaban J connectivity index is 2.15. The fourth-order valence-corrected chi connectivity index (χ4v) is 2.16. The van der Waals surface area contributed by atoms with Crippen LogP contribution in [0.15, 0.2) is 55.0 Å². The quantitative estimate of drug-likeness (QED) is 0.696. The minimum atomic E-state index is 1.01. The Morgan fingerprint density at radius 1 is 0.895 bits per heavy atom. The van der Waals surface area contributed by atoms with Gasteiger partial charge in [0, 0.05) is 36.8 Å². The molecule has 0 N–H and O–H groups in total. The number of pyridine rings is 1. The highest BCUT2D eigenvalue weighted by Crippen LogP contribution is 2.30. The molecule has 0 spiro atoms. The largest absolute Gasteiger partial charge is 0.275 e. The van der Waals surface area contributed by atoms with Crippen LogP contribution in [0.5, 0.6) is 0 Å². The summed E-state index contributed by atoms with van der Waals surface area (Å²) in [5.41, 5.74) is 5.67. The van der Waals surface area contributed by atoms with Crippen molar-refractivity contribution in [3.63, 3.8) is 0 Å². The number of hydrogen-bond acceptors (Lipinski definition) is 2. The second-order valence-corrected chi connectivity index (χ2v) is 4.67. The molecule has 0 saturated carbocycles. The molecule has 3 nitrogen and oxygen atoms in total. The molecule has 0 bridgehead atoms. The third-order valence-electron chi connectivity index (χ3n) is 3.15. The lowest BCUT2D eigenvalue weighted by Gasteiger charge is -2.03. The lowest BCUT2D eigenvalue weighted by Crippen LogP contribution is -1.87. The molecule has 0 aliphatic rings. The fraction of sp³-hybridized carbons (Fsp3) is 0.125. The third kappa shape index (κ3) is 2.27. The highest BCUT2D eigenvalue weighted by molar-refractivity contribution is 5.80. The molecule has 2 aromatic heterocycles. The molecule has 0 fully saturated rings. The van der Waals surface area contributed by atoms with Crippen molar-refractivity contribution in [2.24, 2.45) is 7.05 Å². The predicted molar refractivity (Wildman–Crippen MR) is 76.6 cm³/mol. The second kappa shape index (κ2) is 4.69. The molecule has 94 valence electrons. The summed E-state index contributed by atoms with van der Waals surface area (Å²) in [6.45, 7) is 2.09.